The molecule has 0 bridgehead atoms. The quantitative estimate of drug-likeness (QED) is 0.313. The number of carbonyl (C=O) groups excluding carboxylic acids is 1. The molecule has 0 aliphatic carbocycles. The molecule has 0 saturated heterocycles. The lowest BCUT2D eigenvalue weighted by Crippen LogP contribution is -2.30. The van der Waals surface area contributed by atoms with Gasteiger partial charge in [-0.25, -0.2) is 9.97 Å². The van der Waals surface area contributed by atoms with E-state index in [2.05, 4.69) is 20.6 Å². The van der Waals surface area contributed by atoms with E-state index in [4.69, 9.17) is 20.3 Å². The lowest BCUT2D eigenvalue weighted by molar-refractivity contribution is -0.123. The van der Waals surface area contributed by atoms with Crippen LogP contribution in [0.25, 0.3) is 10.9 Å². The van der Waals surface area contributed by atoms with E-state index >= 15 is 0 Å². The second-order valence-electron chi connectivity index (χ2n) is 7.05. The number of carbonyl (C=O) groups is 1. The van der Waals surface area contributed by atoms with Crippen molar-refractivity contribution >= 4 is 40.1 Å². The minimum atomic E-state index is -0.554. The Bertz CT molecular complexity index is 1130. The predicted molar refractivity (Wildman–Crippen MR) is 131 cm³/mol. The SMILES string of the molecule is CS/C=C(\N)COc1ccc(Nc2ncnc3cccc(OCCNC(=O)CO)c23)cc1C. The van der Waals surface area contributed by atoms with Gasteiger partial charge in [0.25, 0.3) is 0 Å². The third-order valence-corrected chi connectivity index (χ3v) is 5.09. The molecule has 33 heavy (non-hydrogen) atoms. The number of aromatic nitrogens is 2. The van der Waals surface area contributed by atoms with Gasteiger partial charge in [0.05, 0.1) is 23.1 Å². The van der Waals surface area contributed by atoms with Crippen LogP contribution in [0.1, 0.15) is 5.56 Å². The Morgan fingerprint density at radius 3 is 2.82 bits per heavy atom. The molecule has 0 spiro atoms. The summed E-state index contributed by atoms with van der Waals surface area (Å²) in [7, 11) is 0. The van der Waals surface area contributed by atoms with Crippen molar-refractivity contribution in [2.75, 3.05) is 37.9 Å². The number of aliphatic hydroxyl groups is 1. The molecule has 0 fully saturated rings. The summed E-state index contributed by atoms with van der Waals surface area (Å²) >= 11 is 1.54. The van der Waals surface area contributed by atoms with Gasteiger partial charge in [-0.2, -0.15) is 0 Å². The molecule has 3 rings (SSSR count). The van der Waals surface area contributed by atoms with Crippen molar-refractivity contribution in [3.63, 3.8) is 0 Å². The van der Waals surface area contributed by atoms with Gasteiger partial charge >= 0.3 is 0 Å². The van der Waals surface area contributed by atoms with Crippen molar-refractivity contribution in [2.45, 2.75) is 6.92 Å². The van der Waals surface area contributed by atoms with Crippen LogP contribution in [-0.4, -0.2) is 53.6 Å². The topological polar surface area (TPSA) is 132 Å². The number of hydrogen-bond acceptors (Lipinski definition) is 9. The van der Waals surface area contributed by atoms with E-state index in [1.165, 1.54) is 18.1 Å². The van der Waals surface area contributed by atoms with Gasteiger partial charge in [0.15, 0.2) is 0 Å². The Hall–Kier alpha value is -3.50. The number of ether oxygens (including phenoxy) is 2. The number of aliphatic hydroxyl groups excluding tert-OH is 1. The zero-order chi connectivity index (χ0) is 23.6. The van der Waals surface area contributed by atoms with Crippen molar-refractivity contribution in [3.05, 3.63) is 59.4 Å². The normalized spacial score (nSPS) is 11.3. The Morgan fingerprint density at radius 1 is 1.21 bits per heavy atom. The molecule has 1 heterocycles. The number of nitrogens with zero attached hydrogens (tertiary/aromatic N) is 2. The second kappa shape index (κ2) is 11.9. The van der Waals surface area contributed by atoms with Crippen LogP contribution in [0, 0.1) is 6.92 Å². The van der Waals surface area contributed by atoms with E-state index in [0.29, 0.717) is 23.9 Å². The summed E-state index contributed by atoms with van der Waals surface area (Å²) in [5.74, 6) is 1.48. The number of rotatable bonds is 11. The first-order valence-electron chi connectivity index (χ1n) is 10.2. The molecular weight excluding hydrogens is 442 g/mol. The molecule has 2 aromatic carbocycles. The van der Waals surface area contributed by atoms with Crippen molar-refractivity contribution in [2.24, 2.45) is 5.73 Å². The highest BCUT2D eigenvalue weighted by Gasteiger charge is 2.11. The van der Waals surface area contributed by atoms with Crippen molar-refractivity contribution in [3.8, 4) is 11.5 Å². The molecule has 0 unspecified atom stereocenters. The zero-order valence-electron chi connectivity index (χ0n) is 18.5. The summed E-state index contributed by atoms with van der Waals surface area (Å²) < 4.78 is 11.7. The maximum absolute atomic E-state index is 11.2. The maximum atomic E-state index is 11.2. The number of aryl methyl sites for hydroxylation is 1. The molecule has 174 valence electrons. The fourth-order valence-electron chi connectivity index (χ4n) is 3.07. The summed E-state index contributed by atoms with van der Waals surface area (Å²) in [5, 5.41) is 17.2. The first-order valence-corrected chi connectivity index (χ1v) is 11.5. The highest BCUT2D eigenvalue weighted by molar-refractivity contribution is 8.01. The molecule has 1 amide bonds. The van der Waals surface area contributed by atoms with Crippen LogP contribution >= 0.6 is 11.8 Å². The number of nitrogens with one attached hydrogen (secondary N) is 2. The highest BCUT2D eigenvalue weighted by atomic mass is 32.2. The van der Waals surface area contributed by atoms with E-state index in [1.807, 2.05) is 55.0 Å². The van der Waals surface area contributed by atoms with Crippen molar-refractivity contribution in [1.82, 2.24) is 15.3 Å². The number of amides is 1. The van der Waals surface area contributed by atoms with E-state index in [-0.39, 0.29) is 13.2 Å². The van der Waals surface area contributed by atoms with E-state index in [9.17, 15) is 4.79 Å². The largest absolute Gasteiger partial charge is 0.491 e. The number of anilines is 2. The predicted octanol–water partition coefficient (Wildman–Crippen LogP) is 2.71. The number of hydrogen-bond donors (Lipinski definition) is 4. The molecule has 3 aromatic rings. The van der Waals surface area contributed by atoms with Gasteiger partial charge in [-0.3, -0.25) is 4.79 Å². The Balaban J connectivity index is 1.76. The lowest BCUT2D eigenvalue weighted by atomic mass is 10.1. The highest BCUT2D eigenvalue weighted by Crippen LogP contribution is 2.32. The van der Waals surface area contributed by atoms with Gasteiger partial charge in [-0.05, 0) is 54.5 Å². The minimum absolute atomic E-state index is 0.235. The Kier molecular flexibility index (Phi) is 8.73. The van der Waals surface area contributed by atoms with Gasteiger partial charge in [0, 0.05) is 5.69 Å². The van der Waals surface area contributed by atoms with Crippen LogP contribution in [0.15, 0.2) is 53.8 Å². The summed E-state index contributed by atoms with van der Waals surface area (Å²) in [6, 6.07) is 11.3. The number of thioether (sulfide) groups is 1. The number of fused-ring (bicyclic) bond motifs is 1. The first kappa shape index (κ1) is 24.1. The van der Waals surface area contributed by atoms with Gasteiger partial charge in [-0.1, -0.05) is 6.07 Å². The van der Waals surface area contributed by atoms with Crippen molar-refractivity contribution < 1.29 is 19.4 Å². The first-order chi connectivity index (χ1) is 16.0. The number of nitrogens with two attached hydrogens (primary N) is 1. The van der Waals surface area contributed by atoms with Crippen LogP contribution in [0.2, 0.25) is 0 Å². The Labute approximate surface area is 196 Å². The number of benzene rings is 2. The van der Waals surface area contributed by atoms with E-state index < -0.39 is 12.5 Å². The van der Waals surface area contributed by atoms with Crippen LogP contribution in [0.4, 0.5) is 11.5 Å². The molecular formula is C23H27N5O4S. The second-order valence-corrected chi connectivity index (χ2v) is 7.76. The van der Waals surface area contributed by atoms with Crippen LogP contribution in [0.5, 0.6) is 11.5 Å². The van der Waals surface area contributed by atoms with Crippen LogP contribution in [-0.2, 0) is 4.79 Å². The standard InChI is InChI=1S/C23H27N5O4S/c1-15-10-17(6-7-19(15)32-12-16(24)13-33-2)28-23-22-18(26-14-27-23)4-3-5-20(22)31-9-8-25-21(30)11-29/h3-7,10,13-14,29H,8-9,11-12,24H2,1-2H3,(H,25,30)(H,26,27,28)/b16-13-. The third kappa shape index (κ3) is 6.74. The van der Waals surface area contributed by atoms with Crippen LogP contribution in [0.3, 0.4) is 0 Å². The summed E-state index contributed by atoms with van der Waals surface area (Å²) in [4.78, 5) is 19.9. The third-order valence-electron chi connectivity index (χ3n) is 4.55. The van der Waals surface area contributed by atoms with Gasteiger partial charge in [-0.15, -0.1) is 11.8 Å². The molecule has 9 nitrogen and oxygen atoms in total. The zero-order valence-corrected chi connectivity index (χ0v) is 19.3. The molecule has 5 N–H and O–H groups in total. The average Bonchev–Trinajstić information content (AvgIpc) is 2.81. The monoisotopic (exact) mass is 469 g/mol. The molecule has 0 atom stereocenters. The molecule has 0 aliphatic rings. The minimum Gasteiger partial charge on any atom is -0.491 e. The smallest absolute Gasteiger partial charge is 0.245 e. The fourth-order valence-corrected chi connectivity index (χ4v) is 3.44. The molecule has 0 aliphatic heterocycles. The molecule has 0 saturated carbocycles. The fraction of sp³-hybridized carbons (Fsp3) is 0.261. The summed E-state index contributed by atoms with van der Waals surface area (Å²) in [5.41, 5.74) is 9.06. The van der Waals surface area contributed by atoms with Crippen molar-refractivity contribution in [1.29, 1.82) is 0 Å². The summed E-state index contributed by atoms with van der Waals surface area (Å²) in [6.07, 6.45) is 3.43. The summed E-state index contributed by atoms with van der Waals surface area (Å²) in [6.45, 7) is 2.23. The van der Waals surface area contributed by atoms with E-state index in [1.54, 1.807) is 0 Å². The average molecular weight is 470 g/mol. The molecule has 1 aromatic heterocycles. The molecule has 0 radical (unpaired) electrons. The van der Waals surface area contributed by atoms with Gasteiger partial charge in [0.1, 0.15) is 43.5 Å². The Morgan fingerprint density at radius 2 is 2.06 bits per heavy atom. The van der Waals surface area contributed by atoms with Gasteiger partial charge in [0.2, 0.25) is 5.91 Å². The maximum Gasteiger partial charge on any atom is 0.245 e. The molecule has 10 heteroatoms. The lowest BCUT2D eigenvalue weighted by Gasteiger charge is -2.15. The van der Waals surface area contributed by atoms with E-state index in [0.717, 1.165) is 27.9 Å². The van der Waals surface area contributed by atoms with Gasteiger partial charge < -0.3 is 30.9 Å². The van der Waals surface area contributed by atoms with Crippen LogP contribution < -0.4 is 25.8 Å².